The van der Waals surface area contributed by atoms with E-state index in [4.69, 9.17) is 14.2 Å². The molecule has 1 aliphatic rings. The van der Waals surface area contributed by atoms with Crippen molar-refractivity contribution in [1.82, 2.24) is 4.90 Å². The molecule has 9 heteroatoms. The zero-order chi connectivity index (χ0) is 17.6. The number of carbonyl (C=O) groups excluding carboxylic acids is 2. The third-order valence-electron chi connectivity index (χ3n) is 3.72. The van der Waals surface area contributed by atoms with E-state index in [-0.39, 0.29) is 19.1 Å². The summed E-state index contributed by atoms with van der Waals surface area (Å²) in [6.45, 7) is 5.01. The minimum atomic E-state index is -1.81. The monoisotopic (exact) mass is 330 g/mol. The number of esters is 1. The van der Waals surface area contributed by atoms with Gasteiger partial charge in [0.05, 0.1) is 6.61 Å². The molecule has 130 valence electrons. The molecule has 1 aliphatic heterocycles. The maximum atomic E-state index is 12.0. The van der Waals surface area contributed by atoms with Crippen LogP contribution in [0.4, 0.5) is 0 Å². The van der Waals surface area contributed by atoms with Crippen molar-refractivity contribution in [3.8, 4) is 0 Å². The number of hydrogen-bond donors (Lipinski definition) is 0. The van der Waals surface area contributed by atoms with Gasteiger partial charge in [0.15, 0.2) is 6.29 Å². The first-order chi connectivity index (χ1) is 10.9. The maximum absolute atomic E-state index is 12.0. The van der Waals surface area contributed by atoms with Gasteiger partial charge in [-0.15, -0.1) is 0 Å². The minimum Gasteiger partial charge on any atom is -0.461 e. The molecule has 0 spiro atoms. The van der Waals surface area contributed by atoms with Crippen LogP contribution in [0.25, 0.3) is 0 Å². The lowest BCUT2D eigenvalue weighted by molar-refractivity contribution is -0.530. The van der Waals surface area contributed by atoms with Gasteiger partial charge in [0.25, 0.3) is 0 Å². The SMILES string of the molecule is CCOC(=O)C(C(OCC)N1C=CC(C)C1(C=O)OC)[N+](=O)[O-]. The van der Waals surface area contributed by atoms with Gasteiger partial charge in [-0.3, -0.25) is 14.9 Å². The van der Waals surface area contributed by atoms with E-state index in [9.17, 15) is 19.7 Å². The second-order valence-electron chi connectivity index (χ2n) is 4.94. The van der Waals surface area contributed by atoms with E-state index in [1.54, 1.807) is 26.8 Å². The van der Waals surface area contributed by atoms with Gasteiger partial charge >= 0.3 is 12.0 Å². The van der Waals surface area contributed by atoms with Gasteiger partial charge in [-0.25, -0.2) is 4.79 Å². The molecule has 0 aliphatic carbocycles. The molecule has 0 bridgehead atoms. The second-order valence-corrected chi connectivity index (χ2v) is 4.94. The number of nitrogens with zero attached hydrogens (tertiary/aromatic N) is 2. The maximum Gasteiger partial charge on any atom is 0.386 e. The van der Waals surface area contributed by atoms with Gasteiger partial charge < -0.3 is 19.1 Å². The van der Waals surface area contributed by atoms with Crippen LogP contribution in [0.5, 0.6) is 0 Å². The Kier molecular flexibility index (Phi) is 6.64. The molecule has 0 radical (unpaired) electrons. The van der Waals surface area contributed by atoms with Crippen molar-refractivity contribution in [2.24, 2.45) is 5.92 Å². The highest BCUT2D eigenvalue weighted by molar-refractivity contribution is 5.75. The van der Waals surface area contributed by atoms with Crippen molar-refractivity contribution < 1.29 is 28.7 Å². The Morgan fingerprint density at radius 1 is 1.48 bits per heavy atom. The normalized spacial score (nSPS) is 25.9. The average Bonchev–Trinajstić information content (AvgIpc) is 2.83. The molecule has 0 aromatic heterocycles. The minimum absolute atomic E-state index is 0.00262. The molecule has 9 nitrogen and oxygen atoms in total. The molecule has 0 saturated carbocycles. The van der Waals surface area contributed by atoms with Gasteiger partial charge in [0, 0.05) is 30.8 Å². The van der Waals surface area contributed by atoms with Crippen molar-refractivity contribution in [2.45, 2.75) is 38.8 Å². The smallest absolute Gasteiger partial charge is 0.386 e. The molecule has 0 saturated heterocycles. The van der Waals surface area contributed by atoms with Crippen LogP contribution in [0.2, 0.25) is 0 Å². The van der Waals surface area contributed by atoms with E-state index in [1.165, 1.54) is 18.2 Å². The third kappa shape index (κ3) is 3.50. The van der Waals surface area contributed by atoms with Gasteiger partial charge in [-0.05, 0) is 13.8 Å². The van der Waals surface area contributed by atoms with Gasteiger partial charge in [0.2, 0.25) is 12.0 Å². The Bertz CT molecular complexity index is 482. The van der Waals surface area contributed by atoms with Crippen molar-refractivity contribution in [1.29, 1.82) is 0 Å². The van der Waals surface area contributed by atoms with Crippen LogP contribution < -0.4 is 0 Å². The zero-order valence-electron chi connectivity index (χ0n) is 13.6. The van der Waals surface area contributed by atoms with Crippen LogP contribution in [0.15, 0.2) is 12.3 Å². The number of carbonyl (C=O) groups is 2. The first kappa shape index (κ1) is 19.0. The van der Waals surface area contributed by atoms with Crippen LogP contribution >= 0.6 is 0 Å². The molecule has 23 heavy (non-hydrogen) atoms. The van der Waals surface area contributed by atoms with Gasteiger partial charge in [-0.1, -0.05) is 13.0 Å². The van der Waals surface area contributed by atoms with Crippen molar-refractivity contribution >= 4 is 12.3 Å². The quantitative estimate of drug-likeness (QED) is 0.261. The Hall–Kier alpha value is -2.00. The molecule has 4 unspecified atom stereocenters. The largest absolute Gasteiger partial charge is 0.461 e. The topological polar surface area (TPSA) is 108 Å². The first-order valence-electron chi connectivity index (χ1n) is 7.29. The molecule has 1 rings (SSSR count). The first-order valence-corrected chi connectivity index (χ1v) is 7.29. The van der Waals surface area contributed by atoms with E-state index in [1.807, 2.05) is 0 Å². The summed E-state index contributed by atoms with van der Waals surface area (Å²) in [6, 6.07) is -1.81. The number of nitro groups is 1. The highest BCUT2D eigenvalue weighted by Crippen LogP contribution is 2.35. The summed E-state index contributed by atoms with van der Waals surface area (Å²) in [7, 11) is 1.32. The van der Waals surface area contributed by atoms with Crippen LogP contribution in [-0.4, -0.2) is 60.4 Å². The molecule has 0 aromatic rings. The highest BCUT2D eigenvalue weighted by Gasteiger charge is 2.54. The van der Waals surface area contributed by atoms with E-state index < -0.39 is 28.9 Å². The van der Waals surface area contributed by atoms with Gasteiger partial charge in [0.1, 0.15) is 0 Å². The van der Waals surface area contributed by atoms with Crippen LogP contribution in [0, 0.1) is 16.0 Å². The summed E-state index contributed by atoms with van der Waals surface area (Å²) in [5, 5.41) is 11.4. The molecule has 0 fully saturated rings. The Labute approximate surface area is 134 Å². The number of ether oxygens (including phenoxy) is 3. The molecule has 0 amide bonds. The Morgan fingerprint density at radius 3 is 2.57 bits per heavy atom. The second kappa shape index (κ2) is 8.02. The van der Waals surface area contributed by atoms with Crippen LogP contribution in [0.1, 0.15) is 20.8 Å². The zero-order valence-corrected chi connectivity index (χ0v) is 13.6. The summed E-state index contributed by atoms with van der Waals surface area (Å²) in [4.78, 5) is 35.5. The standard InChI is InChI=1S/C14H22N2O7/c1-5-22-12(11(16(19)20)13(18)23-6-2)15-8-7-10(3)14(15,9-17)21-4/h7-12H,5-6H2,1-4H3. The lowest BCUT2D eigenvalue weighted by atomic mass is 10.00. The van der Waals surface area contributed by atoms with Crippen molar-refractivity contribution in [3.63, 3.8) is 0 Å². The summed E-state index contributed by atoms with van der Waals surface area (Å²) >= 11 is 0. The summed E-state index contributed by atoms with van der Waals surface area (Å²) < 4.78 is 15.5. The van der Waals surface area contributed by atoms with E-state index in [0.29, 0.717) is 6.29 Å². The number of hydrogen-bond acceptors (Lipinski definition) is 8. The average molecular weight is 330 g/mol. The molecule has 1 heterocycles. The van der Waals surface area contributed by atoms with Crippen molar-refractivity contribution in [2.75, 3.05) is 20.3 Å². The Balaban J connectivity index is 3.27. The summed E-state index contributed by atoms with van der Waals surface area (Å²) in [6.07, 6.45) is 2.34. The van der Waals surface area contributed by atoms with E-state index >= 15 is 0 Å². The fourth-order valence-electron chi connectivity index (χ4n) is 2.53. The fourth-order valence-corrected chi connectivity index (χ4v) is 2.53. The van der Waals surface area contributed by atoms with E-state index in [0.717, 1.165) is 0 Å². The number of aldehydes is 1. The predicted molar refractivity (Wildman–Crippen MR) is 78.8 cm³/mol. The number of rotatable bonds is 9. The summed E-state index contributed by atoms with van der Waals surface area (Å²) in [5.41, 5.74) is -1.47. The predicted octanol–water partition coefficient (Wildman–Crippen LogP) is 0.564. The highest BCUT2D eigenvalue weighted by atomic mass is 16.6. The van der Waals surface area contributed by atoms with Crippen LogP contribution in [0.3, 0.4) is 0 Å². The fraction of sp³-hybridized carbons (Fsp3) is 0.714. The number of methoxy groups -OCH3 is 1. The van der Waals surface area contributed by atoms with Gasteiger partial charge in [-0.2, -0.15) is 0 Å². The molecular weight excluding hydrogens is 308 g/mol. The molecule has 0 aromatic carbocycles. The van der Waals surface area contributed by atoms with Crippen molar-refractivity contribution in [3.05, 3.63) is 22.4 Å². The lowest BCUT2D eigenvalue weighted by Crippen LogP contribution is -2.61. The summed E-state index contributed by atoms with van der Waals surface area (Å²) in [5.74, 6) is -1.40. The molecule has 0 N–H and O–H groups in total. The van der Waals surface area contributed by atoms with Crippen LogP contribution in [-0.2, 0) is 23.8 Å². The molecule has 4 atom stereocenters. The Morgan fingerprint density at radius 2 is 2.13 bits per heavy atom. The van der Waals surface area contributed by atoms with E-state index in [2.05, 4.69) is 0 Å². The third-order valence-corrected chi connectivity index (χ3v) is 3.72. The lowest BCUT2D eigenvalue weighted by Gasteiger charge is -2.40. The molecular formula is C14H22N2O7.